The zero-order chi connectivity index (χ0) is 18.7. The maximum absolute atomic E-state index is 8.74. The molecule has 2 aromatic carbocycles. The van der Waals surface area contributed by atoms with Gasteiger partial charge in [-0.2, -0.15) is 8.42 Å². The molecule has 0 amide bonds. The van der Waals surface area contributed by atoms with Crippen LogP contribution in [0.25, 0.3) is 0 Å². The van der Waals surface area contributed by atoms with Crippen molar-refractivity contribution < 1.29 is 17.5 Å². The van der Waals surface area contributed by atoms with E-state index in [-0.39, 0.29) is 0 Å². The number of hydrogen-bond donors (Lipinski definition) is 2. The van der Waals surface area contributed by atoms with Gasteiger partial charge in [0, 0.05) is 0 Å². The van der Waals surface area contributed by atoms with Gasteiger partial charge in [0.25, 0.3) is 0 Å². The van der Waals surface area contributed by atoms with Crippen LogP contribution in [-0.2, 0) is 23.2 Å². The average Bonchev–Trinajstić information content (AvgIpc) is 2.52. The van der Waals surface area contributed by atoms with E-state index in [0.717, 1.165) is 0 Å². The number of benzene rings is 2. The van der Waals surface area contributed by atoms with E-state index in [1.165, 1.54) is 60.8 Å². The molecule has 0 aromatic heterocycles. The van der Waals surface area contributed by atoms with Gasteiger partial charge in [0.05, 0.1) is 0 Å². The molecular weight excluding hydrogens is 336 g/mol. The van der Waals surface area contributed by atoms with Crippen molar-refractivity contribution in [2.45, 2.75) is 52.4 Å². The van der Waals surface area contributed by atoms with Crippen molar-refractivity contribution in [1.29, 1.82) is 0 Å². The maximum Gasteiger partial charge on any atom is 0.394 e. The second-order valence-electron chi connectivity index (χ2n) is 6.33. The fourth-order valence-electron chi connectivity index (χ4n) is 2.52. The lowest BCUT2D eigenvalue weighted by atomic mass is 10.0. The highest BCUT2D eigenvalue weighted by Gasteiger charge is 1.96. The Morgan fingerprint density at radius 3 is 1.20 bits per heavy atom. The zero-order valence-corrected chi connectivity index (χ0v) is 15.8. The van der Waals surface area contributed by atoms with E-state index in [2.05, 4.69) is 62.4 Å². The normalized spacial score (nSPS) is 10.9. The summed E-state index contributed by atoms with van der Waals surface area (Å²) in [5.74, 6) is 0. The molecule has 0 spiro atoms. The third kappa shape index (κ3) is 12.3. The Labute approximate surface area is 151 Å². The monoisotopic (exact) mass is 364 g/mol. The highest BCUT2D eigenvalue weighted by molar-refractivity contribution is 7.79. The van der Waals surface area contributed by atoms with Crippen molar-refractivity contribution >= 4 is 10.4 Å². The minimum absolute atomic E-state index is 1.23. The van der Waals surface area contributed by atoms with Crippen LogP contribution >= 0.6 is 0 Å². The summed E-state index contributed by atoms with van der Waals surface area (Å²) in [5, 5.41) is 0. The molecule has 0 radical (unpaired) electrons. The second-order valence-corrected chi connectivity index (χ2v) is 7.23. The number of rotatable bonds is 7. The molecule has 0 unspecified atom stereocenters. The minimum atomic E-state index is -4.67. The summed E-state index contributed by atoms with van der Waals surface area (Å²) in [6, 6.07) is 17.9. The first kappa shape index (κ1) is 21.4. The van der Waals surface area contributed by atoms with E-state index in [1.54, 1.807) is 0 Å². The van der Waals surface area contributed by atoms with E-state index in [0.29, 0.717) is 0 Å². The predicted molar refractivity (Wildman–Crippen MR) is 102 cm³/mol. The van der Waals surface area contributed by atoms with Crippen LogP contribution in [0.15, 0.2) is 48.5 Å². The lowest BCUT2D eigenvalue weighted by Crippen LogP contribution is -1.89. The van der Waals surface area contributed by atoms with Gasteiger partial charge in [-0.3, -0.25) is 9.11 Å². The topological polar surface area (TPSA) is 74.6 Å². The molecule has 2 N–H and O–H groups in total. The summed E-state index contributed by atoms with van der Waals surface area (Å²) in [7, 11) is -4.67. The molecule has 0 aliphatic heterocycles. The molecule has 0 aliphatic rings. The Morgan fingerprint density at radius 1 is 0.640 bits per heavy atom. The Bertz CT molecular complexity index is 647. The van der Waals surface area contributed by atoms with Gasteiger partial charge in [-0.05, 0) is 50.7 Å². The minimum Gasteiger partial charge on any atom is -0.264 e. The van der Waals surface area contributed by atoms with Gasteiger partial charge in [0.15, 0.2) is 0 Å². The van der Waals surface area contributed by atoms with Crippen LogP contribution in [-0.4, -0.2) is 17.5 Å². The van der Waals surface area contributed by atoms with Crippen molar-refractivity contribution in [2.24, 2.45) is 0 Å². The summed E-state index contributed by atoms with van der Waals surface area (Å²) < 4.78 is 31.6. The fourth-order valence-corrected chi connectivity index (χ4v) is 2.52. The van der Waals surface area contributed by atoms with Crippen molar-refractivity contribution in [1.82, 2.24) is 0 Å². The molecule has 0 bridgehead atoms. The van der Waals surface area contributed by atoms with Gasteiger partial charge in [0.2, 0.25) is 0 Å². The van der Waals surface area contributed by atoms with E-state index in [4.69, 9.17) is 17.5 Å². The van der Waals surface area contributed by atoms with Crippen molar-refractivity contribution in [2.75, 3.05) is 0 Å². The summed E-state index contributed by atoms with van der Waals surface area (Å²) in [4.78, 5) is 0. The zero-order valence-electron chi connectivity index (χ0n) is 15.0. The van der Waals surface area contributed by atoms with Crippen molar-refractivity contribution in [3.05, 3.63) is 70.8 Å². The summed E-state index contributed by atoms with van der Waals surface area (Å²) >= 11 is 0. The van der Waals surface area contributed by atoms with Crippen LogP contribution in [0.3, 0.4) is 0 Å². The molecule has 2 rings (SSSR count). The largest absolute Gasteiger partial charge is 0.394 e. The third-order valence-electron chi connectivity index (χ3n) is 3.92. The van der Waals surface area contributed by atoms with Gasteiger partial charge in [-0.15, -0.1) is 0 Å². The first-order valence-corrected chi connectivity index (χ1v) is 9.95. The Hall–Kier alpha value is -1.69. The Morgan fingerprint density at radius 2 is 0.920 bits per heavy atom. The smallest absolute Gasteiger partial charge is 0.264 e. The van der Waals surface area contributed by atoms with Gasteiger partial charge < -0.3 is 0 Å². The van der Waals surface area contributed by atoms with Gasteiger partial charge in [0.1, 0.15) is 0 Å². The van der Waals surface area contributed by atoms with Crippen LogP contribution in [0.5, 0.6) is 0 Å². The molecule has 0 aliphatic carbocycles. The standard InChI is InChI=1S/C20H26.H2O4S/c1-17-9-13-19(14-10-17)7-5-3-4-6-8-20-15-11-18(2)12-16-20;1-5(2,3)4/h9-16H,3-8H2,1-2H3;(H2,1,2,3,4). The number of hydrogen-bond acceptors (Lipinski definition) is 2. The first-order chi connectivity index (χ1) is 11.7. The molecule has 4 nitrogen and oxygen atoms in total. The lowest BCUT2D eigenvalue weighted by molar-refractivity contribution is 0.381. The molecule has 0 fully saturated rings. The highest BCUT2D eigenvalue weighted by Crippen LogP contribution is 2.12. The van der Waals surface area contributed by atoms with Crippen LogP contribution in [0, 0.1) is 13.8 Å². The SMILES string of the molecule is Cc1ccc(CCCCCCc2ccc(C)cc2)cc1.O=S(=O)(O)O. The van der Waals surface area contributed by atoms with Gasteiger partial charge >= 0.3 is 10.4 Å². The van der Waals surface area contributed by atoms with Gasteiger partial charge in [-0.1, -0.05) is 72.5 Å². The summed E-state index contributed by atoms with van der Waals surface area (Å²) in [6.07, 6.45) is 7.78. The molecule has 25 heavy (non-hydrogen) atoms. The van der Waals surface area contributed by atoms with Crippen LogP contribution < -0.4 is 0 Å². The highest BCUT2D eigenvalue weighted by atomic mass is 32.3. The fraction of sp³-hybridized carbons (Fsp3) is 0.400. The van der Waals surface area contributed by atoms with Crippen molar-refractivity contribution in [3.8, 4) is 0 Å². The molecular formula is C20H28O4S. The average molecular weight is 365 g/mol. The molecule has 0 saturated heterocycles. The van der Waals surface area contributed by atoms with Gasteiger partial charge in [-0.25, -0.2) is 0 Å². The third-order valence-corrected chi connectivity index (χ3v) is 3.92. The summed E-state index contributed by atoms with van der Waals surface area (Å²) in [5.41, 5.74) is 5.67. The van der Waals surface area contributed by atoms with Crippen LogP contribution in [0.2, 0.25) is 0 Å². The Kier molecular flexibility index (Phi) is 9.42. The van der Waals surface area contributed by atoms with E-state index >= 15 is 0 Å². The maximum atomic E-state index is 8.74. The van der Waals surface area contributed by atoms with Crippen molar-refractivity contribution in [3.63, 3.8) is 0 Å². The van der Waals surface area contributed by atoms with E-state index < -0.39 is 10.4 Å². The Balaban J connectivity index is 0.000000550. The molecule has 138 valence electrons. The van der Waals surface area contributed by atoms with Crippen LogP contribution in [0.4, 0.5) is 0 Å². The number of aryl methyl sites for hydroxylation is 4. The first-order valence-electron chi connectivity index (χ1n) is 8.55. The van der Waals surface area contributed by atoms with Crippen LogP contribution in [0.1, 0.15) is 47.9 Å². The predicted octanol–water partition coefficient (Wildman–Crippen LogP) is 5.00. The molecule has 0 atom stereocenters. The summed E-state index contributed by atoms with van der Waals surface area (Å²) in [6.45, 7) is 4.30. The molecule has 0 saturated carbocycles. The lowest BCUT2D eigenvalue weighted by Gasteiger charge is -2.04. The molecule has 5 heteroatoms. The second kappa shape index (κ2) is 11.0. The molecule has 2 aromatic rings. The number of unbranched alkanes of at least 4 members (excludes halogenated alkanes) is 3. The quantitative estimate of drug-likeness (QED) is 0.536. The molecule has 0 heterocycles. The van der Waals surface area contributed by atoms with E-state index in [9.17, 15) is 0 Å². The van der Waals surface area contributed by atoms with E-state index in [1.807, 2.05) is 0 Å².